The standard InChI is InChI=1S/C14H15F2N3/c1-18-13(7-9-3-2-6-19-14(9)17)11-8-10(15)4-5-12(11)16/h2-6,8,13,18H,7H2,1H3,(H2,17,19). The quantitative estimate of drug-likeness (QED) is 0.890. The molecule has 0 saturated heterocycles. The number of nitrogens with one attached hydrogen (secondary N) is 1. The molecule has 5 heteroatoms. The number of nitrogens with zero attached hydrogens (tertiary/aromatic N) is 1. The zero-order valence-corrected chi connectivity index (χ0v) is 10.5. The lowest BCUT2D eigenvalue weighted by Crippen LogP contribution is -2.21. The topological polar surface area (TPSA) is 50.9 Å². The third kappa shape index (κ3) is 3.06. The Morgan fingerprint density at radius 3 is 2.79 bits per heavy atom. The Morgan fingerprint density at radius 1 is 1.32 bits per heavy atom. The number of halogens is 2. The summed E-state index contributed by atoms with van der Waals surface area (Å²) < 4.78 is 27.0. The van der Waals surface area contributed by atoms with Gasteiger partial charge in [0.05, 0.1) is 0 Å². The molecule has 19 heavy (non-hydrogen) atoms. The van der Waals surface area contributed by atoms with E-state index in [0.717, 1.165) is 17.7 Å². The molecule has 1 aromatic heterocycles. The molecule has 0 amide bonds. The van der Waals surface area contributed by atoms with E-state index in [1.54, 1.807) is 19.3 Å². The Balaban J connectivity index is 2.30. The SMILES string of the molecule is CNC(Cc1cccnc1N)c1cc(F)ccc1F. The molecule has 2 aromatic rings. The van der Waals surface area contributed by atoms with Crippen molar-refractivity contribution in [1.82, 2.24) is 10.3 Å². The van der Waals surface area contributed by atoms with Crippen LogP contribution in [0.2, 0.25) is 0 Å². The second-order valence-electron chi connectivity index (χ2n) is 4.26. The molecule has 0 radical (unpaired) electrons. The first-order chi connectivity index (χ1) is 9.11. The van der Waals surface area contributed by atoms with Crippen molar-refractivity contribution < 1.29 is 8.78 Å². The summed E-state index contributed by atoms with van der Waals surface area (Å²) in [5.74, 6) is -0.501. The van der Waals surface area contributed by atoms with E-state index in [1.165, 1.54) is 6.07 Å². The second kappa shape index (κ2) is 5.75. The highest BCUT2D eigenvalue weighted by Crippen LogP contribution is 2.23. The Kier molecular flexibility index (Phi) is 4.06. The minimum absolute atomic E-state index is 0.283. The van der Waals surface area contributed by atoms with Gasteiger partial charge in [-0.1, -0.05) is 6.07 Å². The van der Waals surface area contributed by atoms with Crippen molar-refractivity contribution >= 4 is 5.82 Å². The van der Waals surface area contributed by atoms with Crippen LogP contribution in [0.1, 0.15) is 17.2 Å². The lowest BCUT2D eigenvalue weighted by molar-refractivity contribution is 0.523. The lowest BCUT2D eigenvalue weighted by atomic mass is 9.99. The first-order valence-electron chi connectivity index (χ1n) is 5.93. The number of rotatable bonds is 4. The molecule has 3 N–H and O–H groups in total. The summed E-state index contributed by atoms with van der Waals surface area (Å²) >= 11 is 0. The number of likely N-dealkylation sites (N-methyl/N-ethyl adjacent to an activating group) is 1. The summed E-state index contributed by atoms with van der Waals surface area (Å²) in [4.78, 5) is 3.98. The third-order valence-electron chi connectivity index (χ3n) is 3.03. The summed E-state index contributed by atoms with van der Waals surface area (Å²) in [5.41, 5.74) is 6.84. The molecule has 3 nitrogen and oxygen atoms in total. The molecular weight excluding hydrogens is 248 g/mol. The Bertz CT molecular complexity index is 572. The van der Waals surface area contributed by atoms with E-state index in [9.17, 15) is 8.78 Å². The van der Waals surface area contributed by atoms with Gasteiger partial charge in [-0.05, 0) is 43.3 Å². The number of hydrogen-bond acceptors (Lipinski definition) is 3. The van der Waals surface area contributed by atoms with E-state index < -0.39 is 11.6 Å². The van der Waals surface area contributed by atoms with Crippen LogP contribution in [0.3, 0.4) is 0 Å². The minimum atomic E-state index is -0.462. The summed E-state index contributed by atoms with van der Waals surface area (Å²) in [7, 11) is 1.70. The fraction of sp³-hybridized carbons (Fsp3) is 0.214. The van der Waals surface area contributed by atoms with Crippen LogP contribution in [0, 0.1) is 11.6 Å². The number of anilines is 1. The van der Waals surface area contributed by atoms with Crippen molar-refractivity contribution in [2.75, 3.05) is 12.8 Å². The van der Waals surface area contributed by atoms with Crippen molar-refractivity contribution in [3.63, 3.8) is 0 Å². The van der Waals surface area contributed by atoms with Crippen LogP contribution >= 0.6 is 0 Å². The molecule has 0 saturated carbocycles. The van der Waals surface area contributed by atoms with Gasteiger partial charge in [0, 0.05) is 17.8 Å². The van der Waals surface area contributed by atoms with Gasteiger partial charge in [-0.25, -0.2) is 13.8 Å². The zero-order chi connectivity index (χ0) is 13.8. The molecule has 0 fully saturated rings. The van der Waals surface area contributed by atoms with Gasteiger partial charge in [0.25, 0.3) is 0 Å². The van der Waals surface area contributed by atoms with Gasteiger partial charge in [-0.2, -0.15) is 0 Å². The average Bonchev–Trinajstić information content (AvgIpc) is 2.41. The van der Waals surface area contributed by atoms with E-state index in [-0.39, 0.29) is 11.6 Å². The van der Waals surface area contributed by atoms with Gasteiger partial charge >= 0.3 is 0 Å². The first kappa shape index (κ1) is 13.4. The monoisotopic (exact) mass is 263 g/mol. The van der Waals surface area contributed by atoms with Crippen molar-refractivity contribution in [2.45, 2.75) is 12.5 Å². The number of aromatic nitrogens is 1. The van der Waals surface area contributed by atoms with Gasteiger partial charge in [-0.3, -0.25) is 0 Å². The van der Waals surface area contributed by atoms with Crippen molar-refractivity contribution in [1.29, 1.82) is 0 Å². The lowest BCUT2D eigenvalue weighted by Gasteiger charge is -2.18. The molecule has 1 unspecified atom stereocenters. The fourth-order valence-electron chi connectivity index (χ4n) is 1.99. The number of nitrogens with two attached hydrogens (primary N) is 1. The van der Waals surface area contributed by atoms with Gasteiger partial charge in [0.2, 0.25) is 0 Å². The van der Waals surface area contributed by atoms with E-state index >= 15 is 0 Å². The Hall–Kier alpha value is -2.01. The zero-order valence-electron chi connectivity index (χ0n) is 10.5. The molecule has 0 bridgehead atoms. The first-order valence-corrected chi connectivity index (χ1v) is 5.93. The van der Waals surface area contributed by atoms with E-state index in [1.807, 2.05) is 6.07 Å². The maximum atomic E-state index is 13.8. The molecule has 1 atom stereocenters. The molecule has 0 spiro atoms. The minimum Gasteiger partial charge on any atom is -0.383 e. The van der Waals surface area contributed by atoms with Crippen LogP contribution < -0.4 is 11.1 Å². The van der Waals surface area contributed by atoms with Gasteiger partial charge < -0.3 is 11.1 Å². The maximum absolute atomic E-state index is 13.8. The van der Waals surface area contributed by atoms with Crippen LogP contribution in [0.4, 0.5) is 14.6 Å². The van der Waals surface area contributed by atoms with Gasteiger partial charge in [0.15, 0.2) is 0 Å². The Labute approximate surface area is 110 Å². The summed E-state index contributed by atoms with van der Waals surface area (Å²) in [6, 6.07) is 6.65. The van der Waals surface area contributed by atoms with Crippen LogP contribution in [0.25, 0.3) is 0 Å². The molecule has 0 aliphatic heterocycles. The molecule has 1 heterocycles. The van der Waals surface area contributed by atoms with E-state index in [0.29, 0.717) is 12.2 Å². The smallest absolute Gasteiger partial charge is 0.128 e. The van der Waals surface area contributed by atoms with Crippen LogP contribution in [-0.2, 0) is 6.42 Å². The molecule has 2 rings (SSSR count). The van der Waals surface area contributed by atoms with Crippen molar-refractivity contribution in [3.05, 3.63) is 59.3 Å². The van der Waals surface area contributed by atoms with Crippen LogP contribution in [0.15, 0.2) is 36.5 Å². The van der Waals surface area contributed by atoms with Crippen LogP contribution in [0.5, 0.6) is 0 Å². The number of nitrogen functional groups attached to an aromatic ring is 1. The number of hydrogen-bond donors (Lipinski definition) is 2. The predicted octanol–water partition coefficient (Wildman–Crippen LogP) is 2.45. The second-order valence-corrected chi connectivity index (χ2v) is 4.26. The molecule has 0 aliphatic carbocycles. The number of pyridine rings is 1. The van der Waals surface area contributed by atoms with Crippen molar-refractivity contribution in [3.8, 4) is 0 Å². The fourth-order valence-corrected chi connectivity index (χ4v) is 1.99. The predicted molar refractivity (Wildman–Crippen MR) is 70.5 cm³/mol. The van der Waals surface area contributed by atoms with Gasteiger partial charge in [0.1, 0.15) is 17.5 Å². The average molecular weight is 263 g/mol. The van der Waals surface area contributed by atoms with E-state index in [4.69, 9.17) is 5.73 Å². The van der Waals surface area contributed by atoms with E-state index in [2.05, 4.69) is 10.3 Å². The third-order valence-corrected chi connectivity index (χ3v) is 3.03. The molecular formula is C14H15F2N3. The van der Waals surface area contributed by atoms with Gasteiger partial charge in [-0.15, -0.1) is 0 Å². The summed E-state index contributed by atoms with van der Waals surface area (Å²) in [6.45, 7) is 0. The normalized spacial score (nSPS) is 12.4. The molecule has 0 aliphatic rings. The molecule has 1 aromatic carbocycles. The summed E-state index contributed by atoms with van der Waals surface area (Å²) in [5, 5.41) is 2.97. The highest BCUT2D eigenvalue weighted by Gasteiger charge is 2.16. The highest BCUT2D eigenvalue weighted by atomic mass is 19.1. The largest absolute Gasteiger partial charge is 0.383 e. The Morgan fingerprint density at radius 2 is 2.11 bits per heavy atom. The number of benzene rings is 1. The van der Waals surface area contributed by atoms with Crippen LogP contribution in [-0.4, -0.2) is 12.0 Å². The molecule has 100 valence electrons. The van der Waals surface area contributed by atoms with Crippen molar-refractivity contribution in [2.24, 2.45) is 0 Å². The maximum Gasteiger partial charge on any atom is 0.128 e. The summed E-state index contributed by atoms with van der Waals surface area (Å²) in [6.07, 6.45) is 2.03. The highest BCUT2D eigenvalue weighted by molar-refractivity contribution is 5.40.